The van der Waals surface area contributed by atoms with Gasteiger partial charge >= 0.3 is 0 Å². The van der Waals surface area contributed by atoms with E-state index in [1.165, 1.54) is 10.7 Å². The number of amides is 2. The first-order valence-electron chi connectivity index (χ1n) is 6.15. The van der Waals surface area contributed by atoms with Crippen LogP contribution in [0.25, 0.3) is 5.65 Å². The summed E-state index contributed by atoms with van der Waals surface area (Å²) in [6.07, 6.45) is 4.69. The molecule has 0 aliphatic heterocycles. The molecule has 0 aliphatic rings. The Balaban J connectivity index is 1.96. The highest BCUT2D eigenvalue weighted by molar-refractivity contribution is 6.11. The Kier molecular flexibility index (Phi) is 3.07. The van der Waals surface area contributed by atoms with Crippen molar-refractivity contribution in [2.24, 2.45) is 5.73 Å². The molecule has 3 N–H and O–H groups in total. The van der Waals surface area contributed by atoms with Crippen LogP contribution in [-0.4, -0.2) is 26.4 Å². The summed E-state index contributed by atoms with van der Waals surface area (Å²) in [6.45, 7) is 0. The molecule has 3 rings (SSSR count). The third-order valence-electron chi connectivity index (χ3n) is 2.96. The van der Waals surface area contributed by atoms with Crippen molar-refractivity contribution >= 4 is 23.1 Å². The summed E-state index contributed by atoms with van der Waals surface area (Å²) >= 11 is 0. The predicted octanol–water partition coefficient (Wildman–Crippen LogP) is 1.08. The van der Waals surface area contributed by atoms with Crippen LogP contribution < -0.4 is 11.1 Å². The zero-order valence-corrected chi connectivity index (χ0v) is 10.9. The zero-order valence-electron chi connectivity index (χ0n) is 10.9. The van der Waals surface area contributed by atoms with Gasteiger partial charge in [-0.25, -0.2) is 9.50 Å². The third kappa shape index (κ3) is 2.32. The number of fused-ring (bicyclic) bond motifs is 1. The average molecular weight is 281 g/mol. The number of primary amides is 1. The number of hydrogen-bond donors (Lipinski definition) is 2. The molecule has 0 atom stereocenters. The molecule has 0 fully saturated rings. The Morgan fingerprint density at radius 3 is 2.76 bits per heavy atom. The monoisotopic (exact) mass is 281 g/mol. The van der Waals surface area contributed by atoms with Gasteiger partial charge in [-0.1, -0.05) is 12.1 Å². The van der Waals surface area contributed by atoms with E-state index < -0.39 is 11.8 Å². The molecule has 0 saturated carbocycles. The highest BCUT2D eigenvalue weighted by Gasteiger charge is 2.16. The number of nitrogens with two attached hydrogens (primary N) is 1. The molecule has 0 aliphatic carbocycles. The van der Waals surface area contributed by atoms with E-state index in [-0.39, 0.29) is 5.56 Å². The van der Waals surface area contributed by atoms with Crippen molar-refractivity contribution in [1.82, 2.24) is 14.6 Å². The lowest BCUT2D eigenvalue weighted by molar-refractivity contribution is 0.100. The standard InChI is InChI=1S/C14H11N5O2/c15-12(20)9-4-1-2-5-11(9)18-14(21)10-8-17-19-7-3-6-16-13(10)19/h1-8H,(H2,15,20)(H,18,21). The van der Waals surface area contributed by atoms with Gasteiger partial charge in [-0.3, -0.25) is 9.59 Å². The molecule has 0 saturated heterocycles. The van der Waals surface area contributed by atoms with Crippen LogP contribution >= 0.6 is 0 Å². The van der Waals surface area contributed by atoms with E-state index in [0.29, 0.717) is 16.9 Å². The third-order valence-corrected chi connectivity index (χ3v) is 2.96. The Labute approximate surface area is 119 Å². The number of carbonyl (C=O) groups excluding carboxylic acids is 2. The minimum absolute atomic E-state index is 0.246. The molecule has 2 aromatic heterocycles. The summed E-state index contributed by atoms with van der Waals surface area (Å²) in [5, 5.41) is 6.69. The Morgan fingerprint density at radius 2 is 1.95 bits per heavy atom. The van der Waals surface area contributed by atoms with Crippen LogP contribution in [0.3, 0.4) is 0 Å². The molecule has 0 bridgehead atoms. The number of nitrogens with zero attached hydrogens (tertiary/aromatic N) is 3. The Bertz CT molecular complexity index is 840. The summed E-state index contributed by atoms with van der Waals surface area (Å²) in [4.78, 5) is 27.8. The summed E-state index contributed by atoms with van der Waals surface area (Å²) in [5.41, 5.74) is 6.63. The van der Waals surface area contributed by atoms with Crippen LogP contribution in [0, 0.1) is 0 Å². The van der Waals surface area contributed by atoms with Crippen molar-refractivity contribution in [2.75, 3.05) is 5.32 Å². The first-order chi connectivity index (χ1) is 10.2. The largest absolute Gasteiger partial charge is 0.366 e. The summed E-state index contributed by atoms with van der Waals surface area (Å²) < 4.78 is 1.49. The number of carbonyl (C=O) groups is 2. The molecule has 0 radical (unpaired) electrons. The van der Waals surface area contributed by atoms with E-state index in [2.05, 4.69) is 15.4 Å². The molecule has 104 valence electrons. The van der Waals surface area contributed by atoms with E-state index in [4.69, 9.17) is 5.73 Å². The van der Waals surface area contributed by atoms with Crippen molar-refractivity contribution in [3.05, 3.63) is 60.0 Å². The number of aromatic nitrogens is 3. The van der Waals surface area contributed by atoms with Crippen molar-refractivity contribution < 1.29 is 9.59 Å². The number of benzene rings is 1. The number of anilines is 1. The molecule has 3 aromatic rings. The van der Waals surface area contributed by atoms with Crippen molar-refractivity contribution in [2.45, 2.75) is 0 Å². The Morgan fingerprint density at radius 1 is 1.14 bits per heavy atom. The first kappa shape index (κ1) is 12.8. The molecule has 0 spiro atoms. The lowest BCUT2D eigenvalue weighted by atomic mass is 10.1. The van der Waals surface area contributed by atoms with Crippen LogP contribution in [0.4, 0.5) is 5.69 Å². The molecule has 7 nitrogen and oxygen atoms in total. The highest BCUT2D eigenvalue weighted by Crippen LogP contribution is 2.16. The van der Waals surface area contributed by atoms with E-state index in [0.717, 1.165) is 0 Å². The van der Waals surface area contributed by atoms with Crippen molar-refractivity contribution in [3.63, 3.8) is 0 Å². The zero-order chi connectivity index (χ0) is 14.8. The van der Waals surface area contributed by atoms with Gasteiger partial charge < -0.3 is 11.1 Å². The molecule has 21 heavy (non-hydrogen) atoms. The van der Waals surface area contributed by atoms with E-state index in [1.54, 1.807) is 42.7 Å². The molecule has 2 heterocycles. The minimum Gasteiger partial charge on any atom is -0.366 e. The lowest BCUT2D eigenvalue weighted by Gasteiger charge is -2.07. The summed E-state index contributed by atoms with van der Waals surface area (Å²) in [6, 6.07) is 8.25. The van der Waals surface area contributed by atoms with Crippen LogP contribution in [-0.2, 0) is 0 Å². The smallest absolute Gasteiger partial charge is 0.261 e. The van der Waals surface area contributed by atoms with Gasteiger partial charge in [0.1, 0.15) is 5.56 Å². The maximum Gasteiger partial charge on any atom is 0.261 e. The van der Waals surface area contributed by atoms with Crippen molar-refractivity contribution in [1.29, 1.82) is 0 Å². The Hall–Kier alpha value is -3.22. The first-order valence-corrected chi connectivity index (χ1v) is 6.15. The van der Waals surface area contributed by atoms with Crippen molar-refractivity contribution in [3.8, 4) is 0 Å². The topological polar surface area (TPSA) is 102 Å². The quantitative estimate of drug-likeness (QED) is 0.749. The fraction of sp³-hybridized carbons (Fsp3) is 0. The number of para-hydroxylation sites is 1. The molecular formula is C14H11N5O2. The maximum atomic E-state index is 12.3. The molecule has 0 unspecified atom stereocenters. The number of hydrogen-bond acceptors (Lipinski definition) is 4. The van der Waals surface area contributed by atoms with Crippen LogP contribution in [0.15, 0.2) is 48.9 Å². The minimum atomic E-state index is -0.608. The van der Waals surface area contributed by atoms with E-state index >= 15 is 0 Å². The predicted molar refractivity (Wildman–Crippen MR) is 75.9 cm³/mol. The van der Waals surface area contributed by atoms with E-state index in [1.807, 2.05) is 0 Å². The maximum absolute atomic E-state index is 12.3. The molecule has 1 aromatic carbocycles. The fourth-order valence-corrected chi connectivity index (χ4v) is 1.98. The van der Waals surface area contributed by atoms with Gasteiger partial charge in [0.15, 0.2) is 5.65 Å². The fourth-order valence-electron chi connectivity index (χ4n) is 1.98. The van der Waals surface area contributed by atoms with Crippen LogP contribution in [0.1, 0.15) is 20.7 Å². The van der Waals surface area contributed by atoms with Crippen LogP contribution in [0.2, 0.25) is 0 Å². The van der Waals surface area contributed by atoms with Gasteiger partial charge in [-0.15, -0.1) is 0 Å². The number of nitrogens with one attached hydrogen (secondary N) is 1. The summed E-state index contributed by atoms with van der Waals surface area (Å²) in [7, 11) is 0. The van der Waals surface area contributed by atoms with Gasteiger partial charge in [0, 0.05) is 12.4 Å². The average Bonchev–Trinajstić information content (AvgIpc) is 2.91. The molecule has 7 heteroatoms. The lowest BCUT2D eigenvalue weighted by Crippen LogP contribution is -2.18. The van der Waals surface area contributed by atoms with Gasteiger partial charge in [0.05, 0.1) is 17.4 Å². The van der Waals surface area contributed by atoms with Gasteiger partial charge in [0.2, 0.25) is 0 Å². The highest BCUT2D eigenvalue weighted by atomic mass is 16.2. The second-order valence-corrected chi connectivity index (χ2v) is 4.31. The van der Waals surface area contributed by atoms with Gasteiger partial charge in [-0.2, -0.15) is 5.10 Å². The molecular weight excluding hydrogens is 270 g/mol. The summed E-state index contributed by atoms with van der Waals surface area (Å²) in [5.74, 6) is -1.01. The van der Waals surface area contributed by atoms with E-state index in [9.17, 15) is 9.59 Å². The van der Waals surface area contributed by atoms with Gasteiger partial charge in [0.25, 0.3) is 11.8 Å². The second kappa shape index (κ2) is 5.04. The normalized spacial score (nSPS) is 10.5. The number of rotatable bonds is 3. The van der Waals surface area contributed by atoms with Gasteiger partial charge in [-0.05, 0) is 18.2 Å². The van der Waals surface area contributed by atoms with Crippen LogP contribution in [0.5, 0.6) is 0 Å². The SMILES string of the molecule is NC(=O)c1ccccc1NC(=O)c1cnn2cccnc12. The second-order valence-electron chi connectivity index (χ2n) is 4.31. The molecule has 2 amide bonds.